The van der Waals surface area contributed by atoms with Gasteiger partial charge in [0.15, 0.2) is 22.5 Å². The predicted molar refractivity (Wildman–Crippen MR) is 115 cm³/mol. The zero-order chi connectivity index (χ0) is 21.4. The van der Waals surface area contributed by atoms with Gasteiger partial charge in [-0.05, 0) is 37.1 Å². The van der Waals surface area contributed by atoms with Crippen LogP contribution in [0.25, 0.3) is 11.4 Å². The molecular formula is C22H21FN4O3S. The number of fused-ring (bicyclic) bond motifs is 1. The summed E-state index contributed by atoms with van der Waals surface area (Å²) in [6.07, 6.45) is 3.95. The van der Waals surface area contributed by atoms with Crippen molar-refractivity contribution in [2.75, 3.05) is 11.1 Å². The molecule has 0 atom stereocenters. The van der Waals surface area contributed by atoms with E-state index in [2.05, 4.69) is 15.5 Å². The second-order valence-corrected chi connectivity index (χ2v) is 8.61. The number of hydrogen-bond donors (Lipinski definition) is 1. The average Bonchev–Trinajstić information content (AvgIpc) is 3.46. The third kappa shape index (κ3) is 3.85. The molecule has 1 N–H and O–H groups in total. The molecule has 7 nitrogen and oxygen atoms in total. The van der Waals surface area contributed by atoms with E-state index in [1.807, 2.05) is 6.07 Å². The molecule has 1 aliphatic heterocycles. The minimum absolute atomic E-state index is 0.141. The SMILES string of the molecule is Cn1c(SCC(=O)Nc2ccc3c(c2)OC2(CCCC2)O3)nnc1-c1ccccc1F. The number of halogens is 1. The number of benzene rings is 2. The van der Waals surface area contributed by atoms with Crippen molar-refractivity contribution in [2.24, 2.45) is 7.05 Å². The molecule has 2 heterocycles. The third-order valence-electron chi connectivity index (χ3n) is 5.47. The normalized spacial score (nSPS) is 16.1. The van der Waals surface area contributed by atoms with Gasteiger partial charge in [-0.25, -0.2) is 4.39 Å². The van der Waals surface area contributed by atoms with Gasteiger partial charge in [0.25, 0.3) is 5.79 Å². The number of carbonyl (C=O) groups is 1. The summed E-state index contributed by atoms with van der Waals surface area (Å²) in [6.45, 7) is 0. The average molecular weight is 441 g/mol. The monoisotopic (exact) mass is 440 g/mol. The van der Waals surface area contributed by atoms with E-state index in [-0.39, 0.29) is 17.5 Å². The maximum Gasteiger partial charge on any atom is 0.251 e. The topological polar surface area (TPSA) is 78.3 Å². The van der Waals surface area contributed by atoms with Crippen molar-refractivity contribution in [3.63, 3.8) is 0 Å². The van der Waals surface area contributed by atoms with Crippen LogP contribution < -0.4 is 14.8 Å². The molecule has 0 saturated heterocycles. The number of amides is 1. The quantitative estimate of drug-likeness (QED) is 0.593. The summed E-state index contributed by atoms with van der Waals surface area (Å²) in [5.74, 6) is 0.857. The third-order valence-corrected chi connectivity index (χ3v) is 6.49. The van der Waals surface area contributed by atoms with E-state index < -0.39 is 5.79 Å². The standard InChI is InChI=1S/C22H21FN4O3S/c1-27-20(15-6-2-3-7-16(15)23)25-26-21(27)31-13-19(28)24-14-8-9-17-18(12-14)30-22(29-17)10-4-5-11-22/h2-3,6-9,12H,4-5,10-11,13H2,1H3,(H,24,28). The van der Waals surface area contributed by atoms with Gasteiger partial charge in [-0.15, -0.1) is 10.2 Å². The van der Waals surface area contributed by atoms with Gasteiger partial charge in [0.1, 0.15) is 5.82 Å². The Balaban J connectivity index is 1.21. The summed E-state index contributed by atoms with van der Waals surface area (Å²) >= 11 is 1.24. The van der Waals surface area contributed by atoms with Gasteiger partial charge < -0.3 is 19.4 Å². The van der Waals surface area contributed by atoms with Crippen LogP contribution >= 0.6 is 11.8 Å². The maximum atomic E-state index is 14.0. The Labute approximate surface area is 183 Å². The van der Waals surface area contributed by atoms with Crippen LogP contribution in [0.3, 0.4) is 0 Å². The Bertz CT molecular complexity index is 1140. The number of thioether (sulfide) groups is 1. The predicted octanol–water partition coefficient (Wildman–Crippen LogP) is 4.39. The van der Waals surface area contributed by atoms with E-state index in [0.717, 1.165) is 25.7 Å². The Morgan fingerprint density at radius 1 is 1.16 bits per heavy atom. The minimum Gasteiger partial charge on any atom is -0.448 e. The summed E-state index contributed by atoms with van der Waals surface area (Å²) in [6, 6.07) is 11.8. The van der Waals surface area contributed by atoms with E-state index in [1.54, 1.807) is 41.9 Å². The van der Waals surface area contributed by atoms with Gasteiger partial charge in [0.2, 0.25) is 5.91 Å². The van der Waals surface area contributed by atoms with Crippen LogP contribution in [0.5, 0.6) is 11.5 Å². The molecule has 1 spiro atoms. The lowest BCUT2D eigenvalue weighted by Gasteiger charge is -2.21. The fourth-order valence-electron chi connectivity index (χ4n) is 3.93. The molecule has 9 heteroatoms. The Kier molecular flexibility index (Phi) is 5.05. The smallest absolute Gasteiger partial charge is 0.251 e. The number of nitrogens with one attached hydrogen (secondary N) is 1. The van der Waals surface area contributed by atoms with Gasteiger partial charge in [-0.3, -0.25) is 4.79 Å². The van der Waals surface area contributed by atoms with Crippen molar-refractivity contribution in [3.05, 3.63) is 48.3 Å². The van der Waals surface area contributed by atoms with Crippen molar-refractivity contribution >= 4 is 23.4 Å². The van der Waals surface area contributed by atoms with Gasteiger partial charge in [-0.1, -0.05) is 23.9 Å². The first-order valence-electron chi connectivity index (χ1n) is 10.1. The molecule has 1 fully saturated rings. The highest BCUT2D eigenvalue weighted by atomic mass is 32.2. The van der Waals surface area contributed by atoms with E-state index >= 15 is 0 Å². The second-order valence-electron chi connectivity index (χ2n) is 7.67. The number of hydrogen-bond acceptors (Lipinski definition) is 6. The maximum absolute atomic E-state index is 14.0. The van der Waals surface area contributed by atoms with Crippen molar-refractivity contribution in [1.29, 1.82) is 0 Å². The Morgan fingerprint density at radius 2 is 1.94 bits per heavy atom. The molecule has 160 valence electrons. The van der Waals surface area contributed by atoms with Crippen LogP contribution in [0.1, 0.15) is 25.7 Å². The molecule has 3 aromatic rings. The molecule has 0 bridgehead atoms. The molecule has 0 radical (unpaired) electrons. The molecule has 1 saturated carbocycles. The number of carbonyl (C=O) groups excluding carboxylic acids is 1. The highest BCUT2D eigenvalue weighted by Gasteiger charge is 2.44. The highest BCUT2D eigenvalue weighted by molar-refractivity contribution is 7.99. The lowest BCUT2D eigenvalue weighted by Crippen LogP contribution is -2.34. The van der Waals surface area contributed by atoms with Crippen LogP contribution in [0.2, 0.25) is 0 Å². The molecular weight excluding hydrogens is 419 g/mol. The summed E-state index contributed by atoms with van der Waals surface area (Å²) < 4.78 is 27.8. The molecule has 5 rings (SSSR count). The number of ether oxygens (including phenoxy) is 2. The minimum atomic E-state index is -0.526. The lowest BCUT2D eigenvalue weighted by molar-refractivity contribution is -0.113. The summed E-state index contributed by atoms with van der Waals surface area (Å²) in [4.78, 5) is 12.5. The first kappa shape index (κ1) is 19.9. The summed E-state index contributed by atoms with van der Waals surface area (Å²) in [7, 11) is 1.75. The van der Waals surface area contributed by atoms with Crippen molar-refractivity contribution in [3.8, 4) is 22.9 Å². The van der Waals surface area contributed by atoms with E-state index in [9.17, 15) is 9.18 Å². The summed E-state index contributed by atoms with van der Waals surface area (Å²) in [5.41, 5.74) is 1.02. The second kappa shape index (κ2) is 7.88. The van der Waals surface area contributed by atoms with E-state index in [1.165, 1.54) is 17.8 Å². The first-order chi connectivity index (χ1) is 15.0. The first-order valence-corrected chi connectivity index (χ1v) is 11.1. The summed E-state index contributed by atoms with van der Waals surface area (Å²) in [5, 5.41) is 11.6. The molecule has 2 aliphatic rings. The van der Waals surface area contributed by atoms with Gasteiger partial charge >= 0.3 is 0 Å². The molecule has 1 aliphatic carbocycles. The van der Waals surface area contributed by atoms with Crippen molar-refractivity contribution in [2.45, 2.75) is 36.6 Å². The number of anilines is 1. The fourth-order valence-corrected chi connectivity index (χ4v) is 4.65. The molecule has 0 unspecified atom stereocenters. The fraction of sp³-hybridized carbons (Fsp3) is 0.318. The molecule has 31 heavy (non-hydrogen) atoms. The van der Waals surface area contributed by atoms with Crippen LogP contribution in [-0.2, 0) is 11.8 Å². The van der Waals surface area contributed by atoms with E-state index in [4.69, 9.17) is 9.47 Å². The Morgan fingerprint density at radius 3 is 2.74 bits per heavy atom. The van der Waals surface area contributed by atoms with E-state index in [0.29, 0.717) is 33.7 Å². The Hall–Kier alpha value is -3.07. The van der Waals surface area contributed by atoms with Gasteiger partial charge in [-0.2, -0.15) is 0 Å². The highest BCUT2D eigenvalue weighted by Crippen LogP contribution is 2.47. The van der Waals surface area contributed by atoms with Crippen LogP contribution in [-0.4, -0.2) is 32.2 Å². The van der Waals surface area contributed by atoms with Crippen molar-refractivity contribution in [1.82, 2.24) is 14.8 Å². The number of rotatable bonds is 5. The van der Waals surface area contributed by atoms with Gasteiger partial charge in [0.05, 0.1) is 11.3 Å². The van der Waals surface area contributed by atoms with Crippen molar-refractivity contribution < 1.29 is 18.7 Å². The number of aromatic nitrogens is 3. The number of nitrogens with zero attached hydrogens (tertiary/aromatic N) is 3. The molecule has 1 amide bonds. The van der Waals surface area contributed by atoms with Crippen LogP contribution in [0.4, 0.5) is 10.1 Å². The molecule has 2 aromatic carbocycles. The van der Waals surface area contributed by atoms with Crippen LogP contribution in [0, 0.1) is 5.82 Å². The van der Waals surface area contributed by atoms with Crippen LogP contribution in [0.15, 0.2) is 47.6 Å². The van der Waals surface area contributed by atoms with Gasteiger partial charge in [0, 0.05) is 31.6 Å². The zero-order valence-electron chi connectivity index (χ0n) is 16.9. The zero-order valence-corrected chi connectivity index (χ0v) is 17.7. The lowest BCUT2D eigenvalue weighted by atomic mass is 10.2. The largest absolute Gasteiger partial charge is 0.448 e. The molecule has 1 aromatic heterocycles.